The van der Waals surface area contributed by atoms with Crippen molar-refractivity contribution >= 4 is 17.3 Å². The monoisotopic (exact) mass is 298 g/mol. The van der Waals surface area contributed by atoms with Crippen LogP contribution in [0, 0.1) is 0 Å². The summed E-state index contributed by atoms with van der Waals surface area (Å²) < 4.78 is 5.01. The molecule has 114 valence electrons. The Kier molecular flexibility index (Phi) is 8.67. The Morgan fingerprint density at radius 3 is 2.70 bits per heavy atom. The van der Waals surface area contributed by atoms with Gasteiger partial charge in [0.05, 0.1) is 17.3 Å². The van der Waals surface area contributed by atoms with Crippen molar-refractivity contribution < 1.29 is 4.74 Å². The Morgan fingerprint density at radius 2 is 2.10 bits per heavy atom. The van der Waals surface area contributed by atoms with Crippen molar-refractivity contribution in [3.05, 3.63) is 28.8 Å². The van der Waals surface area contributed by atoms with E-state index in [9.17, 15) is 0 Å². The number of benzene rings is 1. The summed E-state index contributed by atoms with van der Waals surface area (Å²) in [4.78, 5) is 2.34. The van der Waals surface area contributed by atoms with Gasteiger partial charge in [-0.3, -0.25) is 0 Å². The Morgan fingerprint density at radius 1 is 1.30 bits per heavy atom. The van der Waals surface area contributed by atoms with Crippen molar-refractivity contribution in [2.45, 2.75) is 33.2 Å². The molecule has 0 aliphatic rings. The van der Waals surface area contributed by atoms with Crippen molar-refractivity contribution in [1.29, 1.82) is 0 Å². The minimum atomic E-state index is 0.729. The highest BCUT2D eigenvalue weighted by Crippen LogP contribution is 2.27. The van der Waals surface area contributed by atoms with Crippen LogP contribution in [-0.2, 0) is 11.3 Å². The van der Waals surface area contributed by atoms with Gasteiger partial charge in [-0.2, -0.15) is 0 Å². The quantitative estimate of drug-likeness (QED) is 0.667. The maximum absolute atomic E-state index is 6.43. The van der Waals surface area contributed by atoms with E-state index in [0.717, 1.165) is 43.5 Å². The van der Waals surface area contributed by atoms with E-state index < -0.39 is 0 Å². The number of unbranched alkanes of at least 4 members (excludes halogenated alkanes) is 1. The van der Waals surface area contributed by atoms with Gasteiger partial charge in [0.2, 0.25) is 0 Å². The molecule has 0 amide bonds. The zero-order chi connectivity index (χ0) is 14.8. The van der Waals surface area contributed by atoms with E-state index in [4.69, 9.17) is 16.3 Å². The van der Waals surface area contributed by atoms with Gasteiger partial charge in [-0.15, -0.1) is 0 Å². The average molecular weight is 299 g/mol. The lowest BCUT2D eigenvalue weighted by atomic mass is 10.1. The molecular weight excluding hydrogens is 272 g/mol. The van der Waals surface area contributed by atoms with Gasteiger partial charge in [0, 0.05) is 33.3 Å². The number of nitrogens with one attached hydrogen (secondary N) is 1. The maximum Gasteiger partial charge on any atom is 0.0642 e. The van der Waals surface area contributed by atoms with Crippen LogP contribution in [0.15, 0.2) is 18.2 Å². The van der Waals surface area contributed by atoms with E-state index >= 15 is 0 Å². The number of methoxy groups -OCH3 is 1. The molecule has 3 nitrogen and oxygen atoms in total. The van der Waals surface area contributed by atoms with Crippen molar-refractivity contribution in [3.63, 3.8) is 0 Å². The highest BCUT2D eigenvalue weighted by molar-refractivity contribution is 6.33. The fourth-order valence-electron chi connectivity index (χ4n) is 2.12. The van der Waals surface area contributed by atoms with Crippen LogP contribution in [0.4, 0.5) is 5.69 Å². The molecule has 1 aromatic rings. The largest absolute Gasteiger partial charge is 0.383 e. The number of hydrogen-bond acceptors (Lipinski definition) is 3. The molecule has 20 heavy (non-hydrogen) atoms. The molecular formula is C16H27ClN2O. The van der Waals surface area contributed by atoms with Crippen molar-refractivity contribution in [3.8, 4) is 0 Å². The second-order valence-electron chi connectivity index (χ2n) is 4.89. The Labute approximate surface area is 128 Å². The summed E-state index contributed by atoms with van der Waals surface area (Å²) in [5, 5.41) is 4.17. The summed E-state index contributed by atoms with van der Waals surface area (Å²) in [6.45, 7) is 8.85. The van der Waals surface area contributed by atoms with E-state index in [1.54, 1.807) is 7.11 Å². The predicted molar refractivity (Wildman–Crippen MR) is 87.8 cm³/mol. The van der Waals surface area contributed by atoms with Crippen LogP contribution in [0.25, 0.3) is 0 Å². The molecule has 0 fully saturated rings. The van der Waals surface area contributed by atoms with Gasteiger partial charge in [-0.1, -0.05) is 31.0 Å². The Bertz CT molecular complexity index is 385. The molecule has 0 radical (unpaired) electrons. The first-order chi connectivity index (χ1) is 9.72. The summed E-state index contributed by atoms with van der Waals surface area (Å²) in [6, 6.07) is 6.34. The van der Waals surface area contributed by atoms with E-state index in [1.807, 2.05) is 0 Å². The third-order valence-corrected chi connectivity index (χ3v) is 3.63. The number of hydrogen-bond donors (Lipinski definition) is 1. The molecule has 0 atom stereocenters. The number of nitrogens with zero attached hydrogens (tertiary/aromatic N) is 1. The predicted octanol–water partition coefficient (Wildman–Crippen LogP) is 3.70. The van der Waals surface area contributed by atoms with E-state index in [1.165, 1.54) is 18.4 Å². The number of ether oxygens (including phenoxy) is 1. The number of halogens is 1. The van der Waals surface area contributed by atoms with Gasteiger partial charge < -0.3 is 15.0 Å². The Balaban J connectivity index is 2.61. The second-order valence-corrected chi connectivity index (χ2v) is 5.30. The van der Waals surface area contributed by atoms with Crippen LogP contribution in [-0.4, -0.2) is 33.4 Å². The molecule has 0 aliphatic carbocycles. The van der Waals surface area contributed by atoms with Crippen LogP contribution < -0.4 is 10.2 Å². The molecule has 4 heteroatoms. The summed E-state index contributed by atoms with van der Waals surface area (Å²) in [5.41, 5.74) is 2.35. The zero-order valence-electron chi connectivity index (χ0n) is 12.9. The van der Waals surface area contributed by atoms with Crippen LogP contribution in [0.1, 0.15) is 32.3 Å². The van der Waals surface area contributed by atoms with Crippen LogP contribution in [0.2, 0.25) is 5.02 Å². The smallest absolute Gasteiger partial charge is 0.0642 e. The van der Waals surface area contributed by atoms with Gasteiger partial charge in [-0.05, 0) is 31.0 Å². The summed E-state index contributed by atoms with van der Waals surface area (Å²) in [7, 11) is 1.71. The maximum atomic E-state index is 6.43. The van der Waals surface area contributed by atoms with Crippen LogP contribution in [0.3, 0.4) is 0 Å². The lowest BCUT2D eigenvalue weighted by Crippen LogP contribution is -2.24. The summed E-state index contributed by atoms with van der Waals surface area (Å²) in [5.74, 6) is 0. The van der Waals surface area contributed by atoms with Crippen molar-refractivity contribution in [2.75, 3.05) is 38.3 Å². The average Bonchev–Trinajstić information content (AvgIpc) is 2.46. The molecule has 0 saturated heterocycles. The third-order valence-electron chi connectivity index (χ3n) is 3.33. The molecule has 0 heterocycles. The van der Waals surface area contributed by atoms with Gasteiger partial charge in [0.25, 0.3) is 0 Å². The minimum Gasteiger partial charge on any atom is -0.383 e. The molecule has 0 aliphatic heterocycles. The highest BCUT2D eigenvalue weighted by atomic mass is 35.5. The normalized spacial score (nSPS) is 10.8. The lowest BCUT2D eigenvalue weighted by molar-refractivity contribution is 0.199. The summed E-state index contributed by atoms with van der Waals surface area (Å²) in [6.07, 6.45) is 2.40. The minimum absolute atomic E-state index is 0.729. The summed E-state index contributed by atoms with van der Waals surface area (Å²) >= 11 is 6.43. The number of anilines is 1. The first-order valence-corrected chi connectivity index (χ1v) is 7.83. The van der Waals surface area contributed by atoms with Gasteiger partial charge in [0.15, 0.2) is 0 Å². The molecule has 1 rings (SSSR count). The van der Waals surface area contributed by atoms with Crippen molar-refractivity contribution in [1.82, 2.24) is 5.32 Å². The van der Waals surface area contributed by atoms with E-state index in [-0.39, 0.29) is 0 Å². The van der Waals surface area contributed by atoms with Gasteiger partial charge >= 0.3 is 0 Å². The van der Waals surface area contributed by atoms with Gasteiger partial charge in [0.1, 0.15) is 0 Å². The van der Waals surface area contributed by atoms with Crippen LogP contribution >= 0.6 is 11.6 Å². The highest BCUT2D eigenvalue weighted by Gasteiger charge is 2.08. The SMILES string of the molecule is CCCCN(CC)c1ccc(CNCCOC)cc1Cl. The molecule has 0 spiro atoms. The second kappa shape index (κ2) is 10.0. The fraction of sp³-hybridized carbons (Fsp3) is 0.625. The molecule has 1 aromatic carbocycles. The lowest BCUT2D eigenvalue weighted by Gasteiger charge is -2.24. The van der Waals surface area contributed by atoms with Crippen molar-refractivity contribution in [2.24, 2.45) is 0 Å². The molecule has 0 saturated carbocycles. The molecule has 0 bridgehead atoms. The third kappa shape index (κ3) is 5.70. The van der Waals surface area contributed by atoms with Gasteiger partial charge in [-0.25, -0.2) is 0 Å². The van der Waals surface area contributed by atoms with E-state index in [0.29, 0.717) is 0 Å². The first-order valence-electron chi connectivity index (χ1n) is 7.45. The molecule has 1 N–H and O–H groups in total. The number of rotatable bonds is 10. The standard InChI is InChI=1S/C16H27ClN2O/c1-4-6-10-19(5-2)16-8-7-14(12-15(16)17)13-18-9-11-20-3/h7-8,12,18H,4-6,9-11,13H2,1-3H3. The Hall–Kier alpha value is -0.770. The zero-order valence-corrected chi connectivity index (χ0v) is 13.7. The fourth-order valence-corrected chi connectivity index (χ4v) is 2.44. The topological polar surface area (TPSA) is 24.5 Å². The first kappa shape index (κ1) is 17.3. The van der Waals surface area contributed by atoms with E-state index in [2.05, 4.69) is 42.3 Å². The molecule has 0 aromatic heterocycles. The van der Waals surface area contributed by atoms with Crippen LogP contribution in [0.5, 0.6) is 0 Å². The molecule has 0 unspecified atom stereocenters.